The monoisotopic (exact) mass is 1500 g/mol. The van der Waals surface area contributed by atoms with Crippen molar-refractivity contribution in [3.05, 3.63) is 387 Å². The van der Waals surface area contributed by atoms with Crippen LogP contribution in [0.4, 0.5) is 11.4 Å². The molecule has 0 saturated heterocycles. The number of para-hydroxylation sites is 2. The van der Waals surface area contributed by atoms with Crippen LogP contribution < -0.4 is 5.32 Å². The largest absolute Gasteiger partial charge is 4.00 e. The van der Waals surface area contributed by atoms with Gasteiger partial charge in [-0.15, -0.1) is 96.3 Å². The third-order valence-electron chi connectivity index (χ3n) is 15.3. The van der Waals surface area contributed by atoms with E-state index >= 15 is 0 Å². The van der Waals surface area contributed by atoms with Gasteiger partial charge in [0, 0.05) is 48.4 Å². The third-order valence-corrected chi connectivity index (χ3v) is 15.3. The van der Waals surface area contributed by atoms with Crippen molar-refractivity contribution in [1.82, 2.24) is 0 Å². The summed E-state index contributed by atoms with van der Waals surface area (Å²) < 4.78 is 0. The quantitative estimate of drug-likeness (QED) is 0.0658. The number of unbranched alkanes of at least 4 members (excludes halogenated alkanes) is 2. The molecule has 9 aromatic carbocycles. The first-order valence-electron chi connectivity index (χ1n) is 35.5. The van der Waals surface area contributed by atoms with E-state index in [1.54, 1.807) is 0 Å². The number of hydrogen-bond donors (Lipinski definition) is 1. The molecule has 526 valence electrons. The smallest absolute Gasteiger partial charge is 0.656 e. The molecule has 0 aromatic heterocycles. The van der Waals surface area contributed by atoms with Gasteiger partial charge in [-0.3, -0.25) is 9.98 Å². The topological polar surface area (TPSA) is 50.9 Å². The van der Waals surface area contributed by atoms with Crippen molar-refractivity contribution in [3.63, 3.8) is 0 Å². The van der Waals surface area contributed by atoms with E-state index in [4.69, 9.17) is 15.3 Å². The molecular formula is C93H116B3N4Zr2-. The van der Waals surface area contributed by atoms with Crippen LogP contribution in [0.2, 0.25) is 0 Å². The SMILES string of the molecule is CCCCN=C1CCCC=C1Nc1c(C(C)C)cccc1C(C)C.CCCCN=C1CCCC=C1[N-]c1c(C(C)C)cccc1C(C)C.[B].[B][B].[CH2-]c1ccccc1.[CH2-]c1ccccc1.[CH2-]c1ccccc1.[CH2-]c1ccccc1.[CH2-]c1ccccc1.[CH2-]c1ccccc1.[CH2-]c1ccccc1.[Zr+3].[Zr+4]. The Morgan fingerprint density at radius 1 is 0.373 bits per heavy atom. The Labute approximate surface area is 666 Å². The fourth-order valence-corrected chi connectivity index (χ4v) is 9.76. The molecule has 2 aliphatic rings. The van der Waals surface area contributed by atoms with E-state index in [1.165, 1.54) is 82.9 Å². The second-order valence-corrected chi connectivity index (χ2v) is 25.2. The summed E-state index contributed by atoms with van der Waals surface area (Å²) in [6.45, 7) is 50.5. The minimum atomic E-state index is 0. The predicted molar refractivity (Wildman–Crippen MR) is 448 cm³/mol. The van der Waals surface area contributed by atoms with Gasteiger partial charge in [0.25, 0.3) is 0 Å². The summed E-state index contributed by atoms with van der Waals surface area (Å²) in [6.07, 6.45) is 16.2. The Morgan fingerprint density at radius 3 is 0.882 bits per heavy atom. The Hall–Kier alpha value is -7.55. The molecule has 0 atom stereocenters. The molecule has 102 heavy (non-hydrogen) atoms. The zero-order valence-corrected chi connectivity index (χ0v) is 68.6. The Balaban J connectivity index is 0. The summed E-state index contributed by atoms with van der Waals surface area (Å²) in [6, 6.07) is 82.5. The molecule has 0 saturated carbocycles. The van der Waals surface area contributed by atoms with Gasteiger partial charge < -0.3 is 10.6 Å². The summed E-state index contributed by atoms with van der Waals surface area (Å²) in [4.78, 5) is 9.74. The van der Waals surface area contributed by atoms with Crippen molar-refractivity contribution in [1.29, 1.82) is 0 Å². The zero-order chi connectivity index (χ0) is 72.8. The molecule has 11 rings (SSSR count). The van der Waals surface area contributed by atoms with Gasteiger partial charge in [-0.2, -0.15) is 172 Å². The Kier molecular flexibility index (Phi) is 57.7. The van der Waals surface area contributed by atoms with Crippen molar-refractivity contribution in [3.8, 4) is 0 Å². The van der Waals surface area contributed by atoms with Gasteiger partial charge in [-0.25, -0.2) is 0 Å². The van der Waals surface area contributed by atoms with Crippen LogP contribution in [-0.4, -0.2) is 48.4 Å². The maximum absolute atomic E-state index is 5.15. The number of rotatable bonds is 14. The van der Waals surface area contributed by atoms with Crippen molar-refractivity contribution >= 4 is 46.7 Å². The molecule has 4 nitrogen and oxygen atoms in total. The van der Waals surface area contributed by atoms with E-state index in [9.17, 15) is 0 Å². The number of anilines is 1. The van der Waals surface area contributed by atoms with Crippen LogP contribution in [0, 0.1) is 48.5 Å². The van der Waals surface area contributed by atoms with E-state index in [0.29, 0.717) is 23.7 Å². The minimum absolute atomic E-state index is 0. The molecule has 9 aromatic rings. The number of aliphatic imine (C=N–C) groups is 2. The van der Waals surface area contributed by atoms with Crippen LogP contribution in [0.3, 0.4) is 0 Å². The Bertz CT molecular complexity index is 3030. The molecule has 0 spiro atoms. The number of nitrogens with one attached hydrogen (secondary N) is 1. The van der Waals surface area contributed by atoms with Gasteiger partial charge in [0.05, 0.1) is 11.4 Å². The van der Waals surface area contributed by atoms with Gasteiger partial charge in [0.15, 0.2) is 0 Å². The van der Waals surface area contributed by atoms with Gasteiger partial charge >= 0.3 is 52.4 Å². The van der Waals surface area contributed by atoms with Gasteiger partial charge in [-0.1, -0.05) is 184 Å². The number of allylic oxidation sites excluding steroid dienone is 4. The van der Waals surface area contributed by atoms with Crippen molar-refractivity contribution in [2.75, 3.05) is 18.4 Å². The van der Waals surface area contributed by atoms with Crippen LogP contribution in [0.5, 0.6) is 0 Å². The summed E-state index contributed by atoms with van der Waals surface area (Å²) >= 11 is 0. The van der Waals surface area contributed by atoms with E-state index < -0.39 is 0 Å². The maximum atomic E-state index is 5.15. The zero-order valence-electron chi connectivity index (χ0n) is 63.6. The van der Waals surface area contributed by atoms with E-state index in [1.807, 2.05) is 212 Å². The second kappa shape index (κ2) is 61.0. The van der Waals surface area contributed by atoms with Crippen molar-refractivity contribution in [2.24, 2.45) is 9.98 Å². The molecule has 2 aliphatic carbocycles. The van der Waals surface area contributed by atoms with Crippen LogP contribution in [0.15, 0.2) is 282 Å². The molecule has 0 fully saturated rings. The third kappa shape index (κ3) is 44.1. The molecule has 9 heteroatoms. The molecule has 0 bridgehead atoms. The average molecular weight is 1500 g/mol. The molecule has 0 amide bonds. The summed E-state index contributed by atoms with van der Waals surface area (Å²) in [5, 5.41) is 8.94. The number of hydrogen-bond acceptors (Lipinski definition) is 3. The average Bonchev–Trinajstić information content (AvgIpc) is 0.817. The summed E-state index contributed by atoms with van der Waals surface area (Å²) in [7, 11) is 8.00. The first-order chi connectivity index (χ1) is 47.8. The number of nitrogens with zero attached hydrogens (tertiary/aromatic N) is 3. The van der Waals surface area contributed by atoms with Crippen LogP contribution in [0.25, 0.3) is 5.32 Å². The fraction of sp³-hybridized carbons (Fsp3) is 0.280. The number of benzene rings is 9. The van der Waals surface area contributed by atoms with Gasteiger partial charge in [0.2, 0.25) is 0 Å². The molecular weight excluding hydrogens is 1390 g/mol. The van der Waals surface area contributed by atoms with Gasteiger partial charge in [0.1, 0.15) is 0 Å². The van der Waals surface area contributed by atoms with Crippen molar-refractivity contribution < 1.29 is 52.4 Å². The molecule has 1 N–H and O–H groups in total. The van der Waals surface area contributed by atoms with E-state index in [0.717, 1.165) is 89.8 Å². The molecule has 8 radical (unpaired) electrons. The first kappa shape index (κ1) is 96.5. The van der Waals surface area contributed by atoms with Crippen LogP contribution in [0.1, 0.15) is 218 Å². The predicted octanol–water partition coefficient (Wildman–Crippen LogP) is 25.8. The molecule has 0 aliphatic heterocycles. The van der Waals surface area contributed by atoms with Crippen LogP contribution >= 0.6 is 0 Å². The maximum Gasteiger partial charge on any atom is 4.00 e. The second-order valence-electron chi connectivity index (χ2n) is 25.2. The van der Waals surface area contributed by atoms with Crippen LogP contribution in [-0.2, 0) is 52.4 Å². The fourth-order valence-electron chi connectivity index (χ4n) is 9.76. The summed E-state index contributed by atoms with van der Waals surface area (Å²) in [5.41, 5.74) is 20.3. The van der Waals surface area contributed by atoms with E-state index in [-0.39, 0.29) is 60.8 Å². The standard InChI is InChI=1S/C22H34N2.C22H33N2.7C7H7.B2.B.2Zr/c2*1-6-7-15-23-20-13-8-9-14-21(20)24-22-18(16(2)3)11-10-12-19(22)17(4)5;7*1-7-5-3-2-4-6-7;1-2;;;/h10-12,14,16-17,24H,6-9,13,15H2,1-5H3;10-12,14,16-17H,6-9,13,15H2,1-5H3;7*2-6H,1H2;;;;/q;8*-1;;;+3;+4. The van der Waals surface area contributed by atoms with Crippen molar-refractivity contribution in [2.45, 2.75) is 157 Å². The first-order valence-corrected chi connectivity index (χ1v) is 35.5. The molecule has 0 unspecified atom stereocenters. The Morgan fingerprint density at radius 2 is 0.627 bits per heavy atom. The van der Waals surface area contributed by atoms with E-state index in [2.05, 4.69) is 187 Å². The normalized spacial score (nSPS) is 12.1. The molecule has 0 heterocycles. The van der Waals surface area contributed by atoms with Gasteiger partial charge in [-0.05, 0) is 86.2 Å². The minimum Gasteiger partial charge on any atom is -0.656 e. The summed E-state index contributed by atoms with van der Waals surface area (Å²) in [5.74, 6) is 1.98.